The number of hydrogen-bond acceptors (Lipinski definition) is 2. The Balaban J connectivity index is 3.02. The van der Waals surface area contributed by atoms with Crippen molar-refractivity contribution in [2.75, 3.05) is 20.6 Å². The molecule has 0 heterocycles. The monoisotopic (exact) mass is 268 g/mol. The molecule has 0 aromatic rings. The van der Waals surface area contributed by atoms with Crippen LogP contribution >= 0.6 is 0 Å². The normalized spacial score (nSPS) is 22.3. The Morgan fingerprint density at radius 1 is 1.05 bits per heavy atom. The zero-order valence-electron chi connectivity index (χ0n) is 14.2. The molecule has 1 saturated carbocycles. The van der Waals surface area contributed by atoms with E-state index >= 15 is 0 Å². The lowest BCUT2D eigenvalue weighted by Gasteiger charge is -2.51. The zero-order chi connectivity index (χ0) is 14.5. The maximum Gasteiger partial charge on any atom is 0.0361 e. The molecule has 0 spiro atoms. The van der Waals surface area contributed by atoms with Crippen molar-refractivity contribution in [3.05, 3.63) is 0 Å². The van der Waals surface area contributed by atoms with Crippen LogP contribution in [0.5, 0.6) is 0 Å². The van der Waals surface area contributed by atoms with Crippen LogP contribution in [0.25, 0.3) is 0 Å². The summed E-state index contributed by atoms with van der Waals surface area (Å²) in [5.74, 6) is 0. The number of rotatable bonds is 5. The molecule has 0 aromatic heterocycles. The van der Waals surface area contributed by atoms with Crippen LogP contribution in [0.2, 0.25) is 0 Å². The molecule has 2 nitrogen and oxygen atoms in total. The Hall–Kier alpha value is -0.0800. The molecule has 1 unspecified atom stereocenters. The summed E-state index contributed by atoms with van der Waals surface area (Å²) in [7, 11) is 4.58. The molecule has 0 bridgehead atoms. The minimum atomic E-state index is 0.309. The van der Waals surface area contributed by atoms with E-state index in [4.69, 9.17) is 0 Å². The largest absolute Gasteiger partial charge is 0.312 e. The predicted octanol–water partition coefficient (Wildman–Crippen LogP) is 4.06. The molecular weight excluding hydrogens is 232 g/mol. The maximum absolute atomic E-state index is 3.89. The second kappa shape index (κ2) is 7.08. The third kappa shape index (κ3) is 4.19. The van der Waals surface area contributed by atoms with Gasteiger partial charge in [0.25, 0.3) is 0 Å². The van der Waals surface area contributed by atoms with Gasteiger partial charge in [0, 0.05) is 11.6 Å². The lowest BCUT2D eigenvalue weighted by Crippen LogP contribution is -2.63. The summed E-state index contributed by atoms with van der Waals surface area (Å²) in [6.07, 6.45) is 9.52. The molecule has 1 N–H and O–H groups in total. The van der Waals surface area contributed by atoms with Gasteiger partial charge in [-0.1, -0.05) is 53.4 Å². The molecule has 1 aliphatic carbocycles. The van der Waals surface area contributed by atoms with Crippen molar-refractivity contribution >= 4 is 0 Å². The highest BCUT2D eigenvalue weighted by molar-refractivity contribution is 5.04. The highest BCUT2D eigenvalue weighted by atomic mass is 15.2. The van der Waals surface area contributed by atoms with E-state index in [1.807, 2.05) is 0 Å². The minimum absolute atomic E-state index is 0.309. The second-order valence-electron chi connectivity index (χ2n) is 7.67. The average molecular weight is 268 g/mol. The van der Waals surface area contributed by atoms with Crippen molar-refractivity contribution < 1.29 is 0 Å². The second-order valence-corrected chi connectivity index (χ2v) is 7.67. The fourth-order valence-electron chi connectivity index (χ4n) is 3.93. The van der Waals surface area contributed by atoms with E-state index in [9.17, 15) is 0 Å². The number of likely N-dealkylation sites (N-methyl/N-ethyl adjacent to an activating group) is 1. The first-order valence-electron chi connectivity index (χ1n) is 8.25. The van der Waals surface area contributed by atoms with Crippen LogP contribution in [0.3, 0.4) is 0 Å². The van der Waals surface area contributed by atoms with E-state index < -0.39 is 0 Å². The number of nitrogens with one attached hydrogen (secondary N) is 1. The van der Waals surface area contributed by atoms with Gasteiger partial charge < -0.3 is 10.2 Å². The van der Waals surface area contributed by atoms with Gasteiger partial charge >= 0.3 is 0 Å². The Morgan fingerprint density at radius 2 is 1.58 bits per heavy atom. The Kier molecular flexibility index (Phi) is 6.32. The van der Waals surface area contributed by atoms with Crippen LogP contribution in [0.15, 0.2) is 0 Å². The van der Waals surface area contributed by atoms with Crippen LogP contribution in [0.1, 0.15) is 72.6 Å². The molecule has 0 radical (unpaired) electrons. The predicted molar refractivity (Wildman–Crippen MR) is 85.7 cm³/mol. The number of nitrogens with zero attached hydrogens (tertiary/aromatic N) is 1. The highest BCUT2D eigenvalue weighted by Gasteiger charge is 2.45. The van der Waals surface area contributed by atoms with Gasteiger partial charge in [0.15, 0.2) is 0 Å². The summed E-state index contributed by atoms with van der Waals surface area (Å²) in [5, 5.41) is 3.89. The van der Waals surface area contributed by atoms with Crippen molar-refractivity contribution in [2.45, 2.75) is 84.2 Å². The van der Waals surface area contributed by atoms with Crippen molar-refractivity contribution in [3.63, 3.8) is 0 Å². The molecule has 114 valence electrons. The van der Waals surface area contributed by atoms with Crippen LogP contribution in [0, 0.1) is 5.41 Å². The SMILES string of the molecule is CCCNC(C(C)(C)C)C1(N(C)C)CCCCCC1. The van der Waals surface area contributed by atoms with Crippen LogP contribution in [0.4, 0.5) is 0 Å². The summed E-state index contributed by atoms with van der Waals surface area (Å²) in [4.78, 5) is 2.52. The standard InChI is InChI=1S/C17H36N2/c1-7-14-18-15(16(2,3)4)17(19(5)6)12-10-8-9-11-13-17/h15,18H,7-14H2,1-6H3. The lowest BCUT2D eigenvalue weighted by atomic mass is 9.69. The summed E-state index contributed by atoms with van der Waals surface area (Å²) in [5.41, 5.74) is 0.647. The molecular formula is C17H36N2. The first-order valence-corrected chi connectivity index (χ1v) is 8.25. The smallest absolute Gasteiger partial charge is 0.0361 e. The molecule has 19 heavy (non-hydrogen) atoms. The Morgan fingerprint density at radius 3 is 1.95 bits per heavy atom. The quantitative estimate of drug-likeness (QED) is 0.757. The molecule has 0 aromatic carbocycles. The van der Waals surface area contributed by atoms with Gasteiger partial charge in [-0.05, 0) is 45.3 Å². The number of hydrogen-bond donors (Lipinski definition) is 1. The van der Waals surface area contributed by atoms with Crippen LogP contribution < -0.4 is 5.32 Å². The van der Waals surface area contributed by atoms with Crippen molar-refractivity contribution in [1.29, 1.82) is 0 Å². The van der Waals surface area contributed by atoms with Crippen molar-refractivity contribution in [2.24, 2.45) is 5.41 Å². The third-order valence-corrected chi connectivity index (χ3v) is 4.86. The fraction of sp³-hybridized carbons (Fsp3) is 1.00. The molecule has 2 heteroatoms. The highest BCUT2D eigenvalue weighted by Crippen LogP contribution is 2.40. The summed E-state index contributed by atoms with van der Waals surface area (Å²) in [6, 6.07) is 0.577. The maximum atomic E-state index is 3.89. The van der Waals surface area contributed by atoms with Gasteiger partial charge in [0.2, 0.25) is 0 Å². The minimum Gasteiger partial charge on any atom is -0.312 e. The molecule has 1 aliphatic rings. The van der Waals surface area contributed by atoms with Crippen molar-refractivity contribution in [3.8, 4) is 0 Å². The van der Waals surface area contributed by atoms with Gasteiger partial charge in [-0.25, -0.2) is 0 Å². The van der Waals surface area contributed by atoms with E-state index in [2.05, 4.69) is 52.0 Å². The molecule has 0 aliphatic heterocycles. The van der Waals surface area contributed by atoms with Gasteiger partial charge in [0.1, 0.15) is 0 Å². The van der Waals surface area contributed by atoms with Crippen LogP contribution in [-0.2, 0) is 0 Å². The van der Waals surface area contributed by atoms with Crippen molar-refractivity contribution in [1.82, 2.24) is 10.2 Å². The summed E-state index contributed by atoms with van der Waals surface area (Å²) in [6.45, 7) is 10.6. The molecule has 1 rings (SSSR count). The van der Waals surface area contributed by atoms with E-state index in [-0.39, 0.29) is 0 Å². The van der Waals surface area contributed by atoms with Crippen LogP contribution in [-0.4, -0.2) is 37.1 Å². The Labute approximate surface area is 121 Å². The molecule has 1 fully saturated rings. The van der Waals surface area contributed by atoms with Gasteiger partial charge in [0.05, 0.1) is 0 Å². The third-order valence-electron chi connectivity index (χ3n) is 4.86. The average Bonchev–Trinajstić information content (AvgIpc) is 2.54. The Bertz CT molecular complexity index is 244. The lowest BCUT2D eigenvalue weighted by molar-refractivity contribution is 0.0294. The topological polar surface area (TPSA) is 15.3 Å². The molecule has 0 amide bonds. The summed E-state index contributed by atoms with van der Waals surface area (Å²) >= 11 is 0. The first-order chi connectivity index (χ1) is 8.84. The first kappa shape index (κ1) is 17.0. The van der Waals surface area contributed by atoms with E-state index in [0.29, 0.717) is 17.0 Å². The van der Waals surface area contributed by atoms with E-state index in [1.54, 1.807) is 0 Å². The van der Waals surface area contributed by atoms with Gasteiger partial charge in [-0.2, -0.15) is 0 Å². The van der Waals surface area contributed by atoms with Gasteiger partial charge in [-0.3, -0.25) is 0 Å². The van der Waals surface area contributed by atoms with E-state index in [0.717, 1.165) is 6.54 Å². The fourth-order valence-corrected chi connectivity index (χ4v) is 3.93. The van der Waals surface area contributed by atoms with Gasteiger partial charge in [-0.15, -0.1) is 0 Å². The van der Waals surface area contributed by atoms with E-state index in [1.165, 1.54) is 44.9 Å². The summed E-state index contributed by atoms with van der Waals surface area (Å²) < 4.78 is 0. The molecule has 0 saturated heterocycles. The molecule has 1 atom stereocenters. The zero-order valence-corrected chi connectivity index (χ0v) is 14.2.